The van der Waals surface area contributed by atoms with Crippen LogP contribution in [0.1, 0.15) is 44.2 Å². The Morgan fingerprint density at radius 3 is 2.91 bits per heavy atom. The van der Waals surface area contributed by atoms with Gasteiger partial charge in [-0.3, -0.25) is 4.79 Å². The van der Waals surface area contributed by atoms with E-state index < -0.39 is 6.61 Å². The Morgan fingerprint density at radius 2 is 2.26 bits per heavy atom. The molecule has 2 atom stereocenters. The van der Waals surface area contributed by atoms with E-state index >= 15 is 0 Å². The van der Waals surface area contributed by atoms with Crippen LogP contribution < -0.4 is 15.4 Å². The molecule has 2 rings (SSSR count). The molecule has 1 amide bonds. The minimum absolute atomic E-state index is 0. The van der Waals surface area contributed by atoms with Gasteiger partial charge in [0.1, 0.15) is 5.75 Å². The van der Waals surface area contributed by atoms with Gasteiger partial charge in [0.05, 0.1) is 6.04 Å². The number of hydrogen-bond donors (Lipinski definition) is 2. The lowest BCUT2D eigenvalue weighted by Crippen LogP contribution is -2.29. The van der Waals surface area contributed by atoms with Crippen LogP contribution in [0.5, 0.6) is 5.75 Å². The van der Waals surface area contributed by atoms with Gasteiger partial charge >= 0.3 is 6.61 Å². The van der Waals surface area contributed by atoms with Crippen molar-refractivity contribution in [2.24, 2.45) is 0 Å². The van der Waals surface area contributed by atoms with Gasteiger partial charge < -0.3 is 15.4 Å². The van der Waals surface area contributed by atoms with Crippen LogP contribution in [0, 0.1) is 0 Å². The second kappa shape index (κ2) is 9.67. The zero-order valence-corrected chi connectivity index (χ0v) is 13.9. The highest BCUT2D eigenvalue weighted by molar-refractivity contribution is 5.85. The molecule has 2 N–H and O–H groups in total. The van der Waals surface area contributed by atoms with E-state index in [4.69, 9.17) is 0 Å². The van der Waals surface area contributed by atoms with E-state index in [9.17, 15) is 13.6 Å². The highest BCUT2D eigenvalue weighted by atomic mass is 35.5. The highest BCUT2D eigenvalue weighted by Crippen LogP contribution is 2.21. The summed E-state index contributed by atoms with van der Waals surface area (Å²) < 4.78 is 28.8. The predicted molar refractivity (Wildman–Crippen MR) is 87.1 cm³/mol. The lowest BCUT2D eigenvalue weighted by Gasteiger charge is -2.16. The molecule has 4 nitrogen and oxygen atoms in total. The molecule has 1 aliphatic heterocycles. The van der Waals surface area contributed by atoms with Crippen LogP contribution in [0.4, 0.5) is 8.78 Å². The van der Waals surface area contributed by atoms with Gasteiger partial charge in [-0.05, 0) is 50.4 Å². The van der Waals surface area contributed by atoms with Crippen LogP contribution in [0.3, 0.4) is 0 Å². The summed E-state index contributed by atoms with van der Waals surface area (Å²) in [5.41, 5.74) is 0.741. The van der Waals surface area contributed by atoms with Gasteiger partial charge in [0, 0.05) is 12.5 Å². The number of amides is 1. The Morgan fingerprint density at radius 1 is 1.48 bits per heavy atom. The fourth-order valence-corrected chi connectivity index (χ4v) is 2.67. The summed E-state index contributed by atoms with van der Waals surface area (Å²) in [5, 5.41) is 6.25. The summed E-state index contributed by atoms with van der Waals surface area (Å²) >= 11 is 0. The average Bonchev–Trinajstić information content (AvgIpc) is 2.98. The van der Waals surface area contributed by atoms with E-state index in [0.29, 0.717) is 12.5 Å². The Labute approximate surface area is 141 Å². The lowest BCUT2D eigenvalue weighted by atomic mass is 10.1. The van der Waals surface area contributed by atoms with Gasteiger partial charge in [-0.15, -0.1) is 12.4 Å². The second-order valence-corrected chi connectivity index (χ2v) is 5.57. The largest absolute Gasteiger partial charge is 0.435 e. The molecule has 1 heterocycles. The lowest BCUT2D eigenvalue weighted by molar-refractivity contribution is -0.121. The van der Waals surface area contributed by atoms with Crippen molar-refractivity contribution in [2.75, 3.05) is 6.54 Å². The molecule has 2 unspecified atom stereocenters. The number of ether oxygens (including phenoxy) is 1. The van der Waals surface area contributed by atoms with Crippen LogP contribution >= 0.6 is 12.4 Å². The van der Waals surface area contributed by atoms with Crippen molar-refractivity contribution in [2.45, 2.75) is 51.3 Å². The molecule has 7 heteroatoms. The zero-order valence-electron chi connectivity index (χ0n) is 13.1. The molecule has 0 bridgehead atoms. The summed E-state index contributed by atoms with van der Waals surface area (Å²) in [6.07, 6.45) is 3.58. The van der Waals surface area contributed by atoms with E-state index in [1.165, 1.54) is 18.6 Å². The number of halogens is 3. The summed E-state index contributed by atoms with van der Waals surface area (Å²) in [6, 6.07) is 6.60. The van der Waals surface area contributed by atoms with Gasteiger partial charge in [-0.25, -0.2) is 0 Å². The first-order valence-electron chi connectivity index (χ1n) is 7.62. The molecule has 1 aromatic carbocycles. The van der Waals surface area contributed by atoms with E-state index in [2.05, 4.69) is 15.4 Å². The standard InChI is InChI=1S/C16H22F2N2O2.ClH/c1-11(12-4-2-6-14(10-12)22-16(17)18)20-15(21)8-7-13-5-3-9-19-13;/h2,4,6,10-11,13,16,19H,3,5,7-9H2,1H3,(H,20,21);1H. The molecule has 0 saturated carbocycles. The maximum absolute atomic E-state index is 12.2. The van der Waals surface area contributed by atoms with Gasteiger partial charge in [0.25, 0.3) is 0 Å². The third-order valence-corrected chi connectivity index (χ3v) is 3.84. The summed E-state index contributed by atoms with van der Waals surface area (Å²) in [6.45, 7) is 0.00590. The molecule has 1 fully saturated rings. The first kappa shape index (κ1) is 19.6. The Bertz CT molecular complexity index is 497. The van der Waals surface area contributed by atoms with Crippen LogP contribution in [0.15, 0.2) is 24.3 Å². The molecule has 23 heavy (non-hydrogen) atoms. The third-order valence-electron chi connectivity index (χ3n) is 3.84. The third kappa shape index (κ3) is 6.71. The molecular formula is C16H23ClF2N2O2. The molecule has 130 valence electrons. The molecule has 1 aliphatic rings. The van der Waals surface area contributed by atoms with Gasteiger partial charge in [0.15, 0.2) is 0 Å². The first-order chi connectivity index (χ1) is 10.5. The number of benzene rings is 1. The van der Waals surface area contributed by atoms with Crippen LogP contribution in [-0.2, 0) is 4.79 Å². The number of rotatable bonds is 7. The van der Waals surface area contributed by atoms with Crippen LogP contribution in [-0.4, -0.2) is 25.1 Å². The summed E-state index contributed by atoms with van der Waals surface area (Å²) in [5.74, 6) is 0.0742. The molecule has 0 aliphatic carbocycles. The normalized spacial score (nSPS) is 18.3. The molecule has 0 aromatic heterocycles. The second-order valence-electron chi connectivity index (χ2n) is 5.57. The molecule has 0 radical (unpaired) electrons. The van der Waals surface area contributed by atoms with Crippen molar-refractivity contribution in [1.29, 1.82) is 0 Å². The van der Waals surface area contributed by atoms with Crippen molar-refractivity contribution >= 4 is 18.3 Å². The molecule has 1 aromatic rings. The molecule has 1 saturated heterocycles. The fraction of sp³-hybridized carbons (Fsp3) is 0.562. The first-order valence-corrected chi connectivity index (χ1v) is 7.62. The Balaban J connectivity index is 0.00000264. The topological polar surface area (TPSA) is 50.4 Å². The van der Waals surface area contributed by atoms with Crippen molar-refractivity contribution in [1.82, 2.24) is 10.6 Å². The van der Waals surface area contributed by atoms with Gasteiger partial charge in [-0.2, -0.15) is 8.78 Å². The summed E-state index contributed by atoms with van der Waals surface area (Å²) in [4.78, 5) is 12.0. The minimum Gasteiger partial charge on any atom is -0.435 e. The fourth-order valence-electron chi connectivity index (χ4n) is 2.67. The number of carbonyl (C=O) groups is 1. The SMILES string of the molecule is CC(NC(=O)CCC1CCCN1)c1cccc(OC(F)F)c1.Cl. The summed E-state index contributed by atoms with van der Waals surface area (Å²) in [7, 11) is 0. The van der Waals surface area contributed by atoms with E-state index in [-0.39, 0.29) is 30.1 Å². The molecular weight excluding hydrogens is 326 g/mol. The maximum Gasteiger partial charge on any atom is 0.387 e. The number of hydrogen-bond acceptors (Lipinski definition) is 3. The van der Waals surface area contributed by atoms with Crippen LogP contribution in [0.2, 0.25) is 0 Å². The van der Waals surface area contributed by atoms with Gasteiger partial charge in [0.2, 0.25) is 5.91 Å². The smallest absolute Gasteiger partial charge is 0.387 e. The van der Waals surface area contributed by atoms with Crippen molar-refractivity contribution < 1.29 is 18.3 Å². The quantitative estimate of drug-likeness (QED) is 0.793. The maximum atomic E-state index is 12.2. The van der Waals surface area contributed by atoms with E-state index in [1.807, 2.05) is 6.92 Å². The molecule has 0 spiro atoms. The number of nitrogens with one attached hydrogen (secondary N) is 2. The highest BCUT2D eigenvalue weighted by Gasteiger charge is 2.16. The monoisotopic (exact) mass is 348 g/mol. The Kier molecular flexibility index (Phi) is 8.26. The number of carbonyl (C=O) groups excluding carboxylic acids is 1. The van der Waals surface area contributed by atoms with Crippen LogP contribution in [0.25, 0.3) is 0 Å². The minimum atomic E-state index is -2.85. The van der Waals surface area contributed by atoms with Crippen molar-refractivity contribution in [3.05, 3.63) is 29.8 Å². The number of alkyl halides is 2. The van der Waals surface area contributed by atoms with E-state index in [0.717, 1.165) is 24.9 Å². The van der Waals surface area contributed by atoms with Crippen molar-refractivity contribution in [3.63, 3.8) is 0 Å². The Hall–Kier alpha value is -1.40. The zero-order chi connectivity index (χ0) is 15.9. The predicted octanol–water partition coefficient (Wildman–Crippen LogP) is 3.42. The van der Waals surface area contributed by atoms with E-state index in [1.54, 1.807) is 12.1 Å². The van der Waals surface area contributed by atoms with Crippen molar-refractivity contribution in [3.8, 4) is 5.75 Å². The van der Waals surface area contributed by atoms with Gasteiger partial charge in [-0.1, -0.05) is 12.1 Å². The average molecular weight is 349 g/mol.